The van der Waals surface area contributed by atoms with Crippen molar-refractivity contribution in [3.05, 3.63) is 51.1 Å². The molecule has 0 radical (unpaired) electrons. The van der Waals surface area contributed by atoms with E-state index in [2.05, 4.69) is 15.2 Å². The molecule has 7 nitrogen and oxygen atoms in total. The van der Waals surface area contributed by atoms with Gasteiger partial charge in [0.25, 0.3) is 16.7 Å². The van der Waals surface area contributed by atoms with Crippen LogP contribution in [0, 0.1) is 0 Å². The van der Waals surface area contributed by atoms with Gasteiger partial charge in [0.15, 0.2) is 10.7 Å². The number of thioether (sulfide) groups is 1. The number of thiazole rings is 1. The summed E-state index contributed by atoms with van der Waals surface area (Å²) < 4.78 is 12.6. The van der Waals surface area contributed by atoms with Crippen molar-refractivity contribution in [3.63, 3.8) is 0 Å². The molecule has 4 heterocycles. The molecule has 0 aromatic carbocycles. The third-order valence-corrected chi connectivity index (χ3v) is 6.29. The summed E-state index contributed by atoms with van der Waals surface area (Å²) in [5.74, 6) is 1.37. The third kappa shape index (κ3) is 2.77. The molecule has 9 heteroatoms. The van der Waals surface area contributed by atoms with E-state index in [0.29, 0.717) is 22.6 Å². The lowest BCUT2D eigenvalue weighted by Gasteiger charge is -2.09. The van der Waals surface area contributed by atoms with E-state index in [1.165, 1.54) is 23.1 Å². The summed E-state index contributed by atoms with van der Waals surface area (Å²) in [6.07, 6.45) is 5.89. The van der Waals surface area contributed by atoms with Gasteiger partial charge in [0.2, 0.25) is 0 Å². The van der Waals surface area contributed by atoms with Gasteiger partial charge in [0.1, 0.15) is 0 Å². The molecule has 1 aliphatic rings. The van der Waals surface area contributed by atoms with Crippen molar-refractivity contribution < 1.29 is 8.83 Å². The van der Waals surface area contributed by atoms with Crippen molar-refractivity contribution in [3.8, 4) is 11.7 Å². The van der Waals surface area contributed by atoms with Crippen molar-refractivity contribution in [2.75, 3.05) is 0 Å². The maximum atomic E-state index is 12.6. The first-order valence-corrected chi connectivity index (χ1v) is 10.1. The number of hydrogen-bond donors (Lipinski definition) is 0. The Morgan fingerprint density at radius 2 is 2.19 bits per heavy atom. The second kappa shape index (κ2) is 6.40. The van der Waals surface area contributed by atoms with Gasteiger partial charge in [0, 0.05) is 22.4 Å². The van der Waals surface area contributed by atoms with Crippen molar-refractivity contribution in [1.82, 2.24) is 19.6 Å². The zero-order valence-corrected chi connectivity index (χ0v) is 15.3. The minimum absolute atomic E-state index is 0.00759. The molecule has 0 aliphatic heterocycles. The molecule has 132 valence electrons. The van der Waals surface area contributed by atoms with Crippen molar-refractivity contribution in [1.29, 1.82) is 0 Å². The number of aryl methyl sites for hydroxylation is 2. The molecule has 0 unspecified atom stereocenters. The fourth-order valence-corrected chi connectivity index (χ4v) is 5.01. The smallest absolute Gasteiger partial charge is 0.284 e. The maximum Gasteiger partial charge on any atom is 0.284 e. The highest BCUT2D eigenvalue weighted by Crippen LogP contribution is 2.29. The average Bonchev–Trinajstić information content (AvgIpc) is 3.37. The van der Waals surface area contributed by atoms with Crippen LogP contribution in [0.3, 0.4) is 0 Å². The first kappa shape index (κ1) is 15.8. The Balaban J connectivity index is 1.39. The fourth-order valence-electron chi connectivity index (χ4n) is 3.12. The van der Waals surface area contributed by atoms with Crippen molar-refractivity contribution in [2.45, 2.75) is 36.7 Å². The summed E-state index contributed by atoms with van der Waals surface area (Å²) in [6, 6.07) is 5.13. The molecule has 0 bridgehead atoms. The summed E-state index contributed by atoms with van der Waals surface area (Å²) in [6.45, 7) is 0. The number of aromatic nitrogens is 4. The second-order valence-electron chi connectivity index (χ2n) is 6.02. The minimum atomic E-state index is -0.00759. The van der Waals surface area contributed by atoms with Crippen LogP contribution in [-0.2, 0) is 18.6 Å². The predicted molar refractivity (Wildman–Crippen MR) is 97.5 cm³/mol. The first-order chi connectivity index (χ1) is 12.8. The van der Waals surface area contributed by atoms with Crippen LogP contribution in [0.5, 0.6) is 0 Å². The van der Waals surface area contributed by atoms with Crippen LogP contribution in [0.2, 0.25) is 0 Å². The highest BCUT2D eigenvalue weighted by Gasteiger charge is 2.19. The Hall–Kier alpha value is -2.39. The predicted octanol–water partition coefficient (Wildman–Crippen LogP) is 3.57. The lowest BCUT2D eigenvalue weighted by atomic mass is 10.0. The van der Waals surface area contributed by atoms with E-state index in [1.807, 2.05) is 0 Å². The molecule has 0 saturated heterocycles. The van der Waals surface area contributed by atoms with Gasteiger partial charge in [-0.2, -0.15) is 0 Å². The second-order valence-corrected chi connectivity index (χ2v) is 8.01. The van der Waals surface area contributed by atoms with Crippen LogP contribution < -0.4 is 5.56 Å². The van der Waals surface area contributed by atoms with E-state index in [-0.39, 0.29) is 5.56 Å². The van der Waals surface area contributed by atoms with Crippen LogP contribution in [0.15, 0.2) is 43.3 Å². The lowest BCUT2D eigenvalue weighted by Crippen LogP contribution is -2.17. The highest BCUT2D eigenvalue weighted by atomic mass is 32.2. The molecule has 26 heavy (non-hydrogen) atoms. The molecular formula is C17H14N4O3S2. The quantitative estimate of drug-likeness (QED) is 0.496. The van der Waals surface area contributed by atoms with Gasteiger partial charge in [-0.15, -0.1) is 21.5 Å². The Morgan fingerprint density at radius 1 is 1.27 bits per heavy atom. The molecule has 5 rings (SSSR count). The van der Waals surface area contributed by atoms with Gasteiger partial charge in [-0.3, -0.25) is 9.20 Å². The molecule has 4 aromatic rings. The van der Waals surface area contributed by atoms with E-state index in [0.717, 1.165) is 35.6 Å². The summed E-state index contributed by atoms with van der Waals surface area (Å²) in [5.41, 5.74) is 1.86. The first-order valence-electron chi connectivity index (χ1n) is 8.31. The van der Waals surface area contributed by atoms with Gasteiger partial charge < -0.3 is 8.83 Å². The Kier molecular flexibility index (Phi) is 3.90. The molecule has 0 amide bonds. The fraction of sp³-hybridized carbons (Fsp3) is 0.294. The number of rotatable bonds is 4. The molecule has 0 fully saturated rings. The molecule has 0 saturated carbocycles. The van der Waals surface area contributed by atoms with Crippen molar-refractivity contribution >= 4 is 28.1 Å². The third-order valence-electron chi connectivity index (χ3n) is 4.30. The zero-order chi connectivity index (χ0) is 17.5. The Labute approximate surface area is 156 Å². The number of fused-ring (bicyclic) bond motifs is 3. The van der Waals surface area contributed by atoms with Crippen LogP contribution in [0.1, 0.15) is 29.1 Å². The van der Waals surface area contributed by atoms with Gasteiger partial charge >= 0.3 is 0 Å². The zero-order valence-electron chi connectivity index (χ0n) is 13.7. The lowest BCUT2D eigenvalue weighted by molar-refractivity contribution is 0.447. The summed E-state index contributed by atoms with van der Waals surface area (Å²) in [5, 5.41) is 8.39. The van der Waals surface area contributed by atoms with Gasteiger partial charge in [-0.25, -0.2) is 4.98 Å². The van der Waals surface area contributed by atoms with Crippen LogP contribution >= 0.6 is 23.1 Å². The number of hydrogen-bond acceptors (Lipinski definition) is 8. The average molecular weight is 386 g/mol. The highest BCUT2D eigenvalue weighted by molar-refractivity contribution is 7.98. The summed E-state index contributed by atoms with van der Waals surface area (Å²) in [4.78, 5) is 19.3. The Morgan fingerprint density at radius 3 is 3.08 bits per heavy atom. The van der Waals surface area contributed by atoms with E-state index < -0.39 is 0 Å². The molecule has 1 aliphatic carbocycles. The molecule has 0 spiro atoms. The van der Waals surface area contributed by atoms with E-state index in [9.17, 15) is 4.79 Å². The molecule has 0 atom stereocenters. The van der Waals surface area contributed by atoms with E-state index in [4.69, 9.17) is 8.83 Å². The standard InChI is InChI=1S/C17H14N4O3S2/c22-14-8-10(18-16-21(14)11-4-1-2-6-13(11)26-16)9-25-17-20-19-15(24-17)12-5-3-7-23-12/h3,5,7-8H,1-2,4,6,9H2. The topological polar surface area (TPSA) is 86.4 Å². The van der Waals surface area contributed by atoms with E-state index in [1.54, 1.807) is 40.2 Å². The minimum Gasteiger partial charge on any atom is -0.459 e. The summed E-state index contributed by atoms with van der Waals surface area (Å²) >= 11 is 2.99. The molecule has 0 N–H and O–H groups in total. The SMILES string of the molecule is O=c1cc(CSc2nnc(-c3ccco3)o2)nc2sc3c(n12)CCCC3. The molecule has 4 aromatic heterocycles. The van der Waals surface area contributed by atoms with Gasteiger partial charge in [-0.05, 0) is 37.8 Å². The van der Waals surface area contributed by atoms with Crippen LogP contribution in [-0.4, -0.2) is 19.6 Å². The monoisotopic (exact) mass is 386 g/mol. The maximum absolute atomic E-state index is 12.6. The Bertz CT molecular complexity index is 1130. The summed E-state index contributed by atoms with van der Waals surface area (Å²) in [7, 11) is 0. The normalized spacial score (nSPS) is 14.0. The van der Waals surface area contributed by atoms with Crippen molar-refractivity contribution in [2.24, 2.45) is 0 Å². The largest absolute Gasteiger partial charge is 0.459 e. The van der Waals surface area contributed by atoms with Crippen LogP contribution in [0.4, 0.5) is 0 Å². The molecular weight excluding hydrogens is 372 g/mol. The van der Waals surface area contributed by atoms with E-state index >= 15 is 0 Å². The van der Waals surface area contributed by atoms with Gasteiger partial charge in [-0.1, -0.05) is 11.8 Å². The number of nitrogens with zero attached hydrogens (tertiary/aromatic N) is 4. The van der Waals surface area contributed by atoms with Crippen LogP contribution in [0.25, 0.3) is 16.6 Å². The number of furan rings is 1. The van der Waals surface area contributed by atoms with Gasteiger partial charge in [0.05, 0.1) is 12.0 Å².